The van der Waals surface area contributed by atoms with Gasteiger partial charge in [0.05, 0.1) is 10.5 Å². The summed E-state index contributed by atoms with van der Waals surface area (Å²) >= 11 is 1.38. The van der Waals surface area contributed by atoms with Crippen molar-refractivity contribution in [3.63, 3.8) is 0 Å². The minimum absolute atomic E-state index is 0.148. The Kier molecular flexibility index (Phi) is 5.27. The summed E-state index contributed by atoms with van der Waals surface area (Å²) in [6.45, 7) is 3.95. The van der Waals surface area contributed by atoms with Crippen LogP contribution in [-0.2, 0) is 11.8 Å². The highest BCUT2D eigenvalue weighted by molar-refractivity contribution is 7.15. The molecule has 3 aliphatic carbocycles. The summed E-state index contributed by atoms with van der Waals surface area (Å²) in [5.74, 6) is -0.148. The van der Waals surface area contributed by atoms with Gasteiger partial charge in [0.1, 0.15) is 16.3 Å². The molecule has 6 rings (SSSR count). The third-order valence-electron chi connectivity index (χ3n) is 7.29. The van der Waals surface area contributed by atoms with Crippen LogP contribution in [0.25, 0.3) is 10.4 Å². The van der Waals surface area contributed by atoms with Gasteiger partial charge >= 0.3 is 6.18 Å². The number of rotatable bonds is 4. The maximum absolute atomic E-state index is 13.0. The number of aryl methyl sites for hydroxylation is 1. The predicted molar refractivity (Wildman–Crippen MR) is 123 cm³/mol. The van der Waals surface area contributed by atoms with Crippen LogP contribution in [-0.4, -0.2) is 30.8 Å². The second-order valence-corrected chi connectivity index (χ2v) is 10.9. The molecule has 0 radical (unpaired) electrons. The molecule has 0 saturated heterocycles. The minimum atomic E-state index is -4.56. The summed E-state index contributed by atoms with van der Waals surface area (Å²) in [6.07, 6.45) is 1.35. The van der Waals surface area contributed by atoms with Crippen molar-refractivity contribution in [2.45, 2.75) is 63.3 Å². The fourth-order valence-corrected chi connectivity index (χ4v) is 6.33. The van der Waals surface area contributed by atoms with Crippen molar-refractivity contribution >= 4 is 23.0 Å². The minimum Gasteiger partial charge on any atom is -0.390 e. The van der Waals surface area contributed by atoms with Crippen LogP contribution in [0, 0.1) is 12.3 Å². The zero-order valence-corrected chi connectivity index (χ0v) is 19.6. The summed E-state index contributed by atoms with van der Waals surface area (Å²) in [7, 11) is 0. The van der Waals surface area contributed by atoms with E-state index in [1.54, 1.807) is 18.3 Å². The summed E-state index contributed by atoms with van der Waals surface area (Å²) in [5.41, 5.74) is -1.17. The van der Waals surface area contributed by atoms with Crippen molar-refractivity contribution in [2.75, 3.05) is 5.32 Å². The lowest BCUT2D eigenvalue weighted by atomic mass is 9.52. The van der Waals surface area contributed by atoms with E-state index in [-0.39, 0.29) is 17.8 Å². The first-order valence-electron chi connectivity index (χ1n) is 11.1. The van der Waals surface area contributed by atoms with Crippen LogP contribution in [0.2, 0.25) is 0 Å². The lowest BCUT2D eigenvalue weighted by Crippen LogP contribution is -2.59. The van der Waals surface area contributed by atoms with Crippen LogP contribution in [0.4, 0.5) is 24.8 Å². The molecule has 6 nitrogen and oxygen atoms in total. The third kappa shape index (κ3) is 3.97. The van der Waals surface area contributed by atoms with E-state index in [9.17, 15) is 23.4 Å². The normalized spacial score (nSPS) is 28.8. The van der Waals surface area contributed by atoms with E-state index in [0.717, 1.165) is 41.1 Å². The first kappa shape index (κ1) is 23.2. The smallest absolute Gasteiger partial charge is 0.390 e. The van der Waals surface area contributed by atoms with Crippen molar-refractivity contribution < 1.29 is 23.4 Å². The number of hydrogen-bond donors (Lipinski definition) is 3. The van der Waals surface area contributed by atoms with Gasteiger partial charge in [-0.05, 0) is 61.9 Å². The first-order chi connectivity index (χ1) is 15.9. The highest BCUT2D eigenvalue weighted by Gasteiger charge is 2.61. The van der Waals surface area contributed by atoms with E-state index < -0.39 is 23.1 Å². The van der Waals surface area contributed by atoms with Gasteiger partial charge in [-0.2, -0.15) is 13.2 Å². The van der Waals surface area contributed by atoms with Crippen molar-refractivity contribution in [2.24, 2.45) is 5.41 Å². The van der Waals surface area contributed by atoms with Crippen LogP contribution in [0.3, 0.4) is 0 Å². The molecule has 2 heterocycles. The molecule has 2 bridgehead atoms. The Morgan fingerprint density at radius 2 is 1.79 bits per heavy atom. The maximum atomic E-state index is 13.0. The van der Waals surface area contributed by atoms with Crippen LogP contribution in [0.1, 0.15) is 55.3 Å². The lowest BCUT2D eigenvalue weighted by Gasteiger charge is -2.58. The topological polar surface area (TPSA) is 91.2 Å². The van der Waals surface area contributed by atoms with E-state index in [2.05, 4.69) is 27.2 Å². The zero-order chi connectivity index (χ0) is 24.4. The Bertz CT molecular complexity index is 1240. The number of nitrogens with one attached hydrogen (secondary N) is 1. The molecular weight excluding hydrogens is 465 g/mol. The highest BCUT2D eigenvalue weighted by Crippen LogP contribution is 2.62. The molecule has 1 atom stereocenters. The van der Waals surface area contributed by atoms with Gasteiger partial charge in [0.2, 0.25) is 5.95 Å². The number of halogens is 3. The average Bonchev–Trinajstić information content (AvgIpc) is 3.26. The molecule has 3 aromatic rings. The fourth-order valence-electron chi connectivity index (χ4n) is 5.18. The van der Waals surface area contributed by atoms with E-state index >= 15 is 0 Å². The number of fused-ring (bicyclic) bond motifs is 3. The van der Waals surface area contributed by atoms with Crippen molar-refractivity contribution in [1.82, 2.24) is 15.0 Å². The van der Waals surface area contributed by atoms with Gasteiger partial charge in [0, 0.05) is 29.9 Å². The van der Waals surface area contributed by atoms with Gasteiger partial charge < -0.3 is 15.5 Å². The molecule has 0 aliphatic heterocycles. The molecule has 3 N–H and O–H groups in total. The van der Waals surface area contributed by atoms with Crippen LogP contribution >= 0.6 is 11.3 Å². The Morgan fingerprint density at radius 3 is 2.50 bits per heavy atom. The number of aromatic nitrogens is 3. The molecule has 180 valence electrons. The molecule has 34 heavy (non-hydrogen) atoms. The van der Waals surface area contributed by atoms with Gasteiger partial charge in [-0.15, -0.1) is 11.3 Å². The number of aliphatic hydroxyl groups is 2. The Balaban J connectivity index is 1.44. The molecule has 3 fully saturated rings. The fraction of sp³-hybridized carbons (Fsp3) is 0.458. The maximum Gasteiger partial charge on any atom is 0.433 e. The standard InChI is InChI=1S/C24H25F3N4O2S/c1-14-9-15(11-16(10-14)30-20-28-8-3-18(31-20)24(25,26)27)17-12-29-19(34-17)23(33)13-22(32)6-4-21(23,2)5-7-22/h3,8-12,32-33H,4-7,13H2,1-2H3,(H,28,30,31). The summed E-state index contributed by atoms with van der Waals surface area (Å²) in [6, 6.07) is 6.35. The van der Waals surface area contributed by atoms with Gasteiger partial charge in [-0.25, -0.2) is 15.0 Å². The number of nitrogens with zero attached hydrogens (tertiary/aromatic N) is 3. The Labute approximate surface area is 198 Å². The van der Waals surface area contributed by atoms with Gasteiger partial charge in [-0.1, -0.05) is 13.0 Å². The summed E-state index contributed by atoms with van der Waals surface area (Å²) in [5, 5.41) is 26.0. The van der Waals surface area contributed by atoms with Gasteiger partial charge in [0.15, 0.2) is 0 Å². The van der Waals surface area contributed by atoms with Crippen LogP contribution in [0.5, 0.6) is 0 Å². The van der Waals surface area contributed by atoms with E-state index in [0.29, 0.717) is 23.5 Å². The highest BCUT2D eigenvalue weighted by atomic mass is 32.1. The number of alkyl halides is 3. The van der Waals surface area contributed by atoms with Gasteiger partial charge in [-0.3, -0.25) is 0 Å². The van der Waals surface area contributed by atoms with E-state index in [1.807, 2.05) is 13.0 Å². The quantitative estimate of drug-likeness (QED) is 0.443. The first-order valence-corrected chi connectivity index (χ1v) is 11.9. The number of anilines is 2. The molecular formula is C24H25F3N4O2S. The summed E-state index contributed by atoms with van der Waals surface area (Å²) < 4.78 is 39.0. The molecule has 0 amide bonds. The zero-order valence-electron chi connectivity index (χ0n) is 18.8. The molecule has 3 saturated carbocycles. The van der Waals surface area contributed by atoms with Crippen LogP contribution < -0.4 is 5.32 Å². The molecule has 2 aromatic heterocycles. The summed E-state index contributed by atoms with van der Waals surface area (Å²) in [4.78, 5) is 12.8. The van der Waals surface area contributed by atoms with Crippen molar-refractivity contribution in [1.29, 1.82) is 0 Å². The van der Waals surface area contributed by atoms with Crippen LogP contribution in [0.15, 0.2) is 36.7 Å². The molecule has 1 unspecified atom stereocenters. The molecule has 0 spiro atoms. The average molecular weight is 491 g/mol. The van der Waals surface area contributed by atoms with Crippen molar-refractivity contribution in [3.05, 3.63) is 52.9 Å². The number of thiazole rings is 1. The number of benzene rings is 1. The number of hydrogen-bond acceptors (Lipinski definition) is 7. The largest absolute Gasteiger partial charge is 0.433 e. The second kappa shape index (κ2) is 7.73. The second-order valence-electron chi connectivity index (χ2n) is 9.83. The molecule has 1 aromatic carbocycles. The SMILES string of the molecule is Cc1cc(Nc2nccc(C(F)(F)F)n2)cc(-c2cnc(C3(O)CC4(O)CCC3(C)CC4)s2)c1. The predicted octanol–water partition coefficient (Wildman–Crippen LogP) is 5.57. The Morgan fingerprint density at radius 1 is 1.06 bits per heavy atom. The Hall–Kier alpha value is -2.56. The van der Waals surface area contributed by atoms with E-state index in [4.69, 9.17) is 0 Å². The van der Waals surface area contributed by atoms with Crippen molar-refractivity contribution in [3.8, 4) is 10.4 Å². The monoisotopic (exact) mass is 490 g/mol. The van der Waals surface area contributed by atoms with Gasteiger partial charge in [0.25, 0.3) is 0 Å². The molecule has 3 aliphatic rings. The van der Waals surface area contributed by atoms with E-state index in [1.165, 1.54) is 11.3 Å². The third-order valence-corrected chi connectivity index (χ3v) is 8.49. The molecule has 10 heteroatoms. The lowest BCUT2D eigenvalue weighted by molar-refractivity contribution is -0.220.